The first-order valence-electron chi connectivity index (χ1n) is 10.1. The number of halogens is 3. The third kappa shape index (κ3) is 3.84. The van der Waals surface area contributed by atoms with Crippen LogP contribution < -0.4 is 20.5 Å². The van der Waals surface area contributed by atoms with Crippen LogP contribution in [-0.2, 0) is 5.75 Å². The van der Waals surface area contributed by atoms with Crippen molar-refractivity contribution < 1.29 is 22.7 Å². The van der Waals surface area contributed by atoms with Crippen molar-refractivity contribution in [2.75, 3.05) is 11.7 Å². The Morgan fingerprint density at radius 3 is 2.67 bits per heavy atom. The van der Waals surface area contributed by atoms with Crippen molar-refractivity contribution in [3.8, 4) is 5.75 Å². The number of pyridine rings is 1. The summed E-state index contributed by atoms with van der Waals surface area (Å²) < 4.78 is 44.2. The molecule has 0 saturated heterocycles. The van der Waals surface area contributed by atoms with Gasteiger partial charge in [0.2, 0.25) is 0 Å². The minimum absolute atomic E-state index is 0.151. The Bertz CT molecular complexity index is 1320. The van der Waals surface area contributed by atoms with Gasteiger partial charge in [-0.05, 0) is 41.8 Å². The number of hydrogen-bond donors (Lipinski definition) is 1. The first kappa shape index (κ1) is 21.4. The second kappa shape index (κ2) is 7.87. The standard InChI is InChI=1S/C23H18F3N3O3S/c1-13-18(30)8-9-28-20(13)22(31)27-12-29(28)21-16-7-6-15(32-23(24,25)26)10-14(16)11-33-19-5-3-2-4-17(19)21/h2-10,21H,11-12H2,1H3,(H,27,31). The molecule has 2 aromatic carbocycles. The Labute approximate surface area is 190 Å². The van der Waals surface area contributed by atoms with Gasteiger partial charge in [0.05, 0.1) is 6.04 Å². The lowest BCUT2D eigenvalue weighted by Gasteiger charge is -2.40. The van der Waals surface area contributed by atoms with Gasteiger partial charge in [-0.1, -0.05) is 24.3 Å². The van der Waals surface area contributed by atoms with Crippen molar-refractivity contribution in [2.24, 2.45) is 0 Å². The SMILES string of the molecule is Cc1c2n(ccc1=O)N(C1c3ccc(OC(F)(F)F)cc3CSc3ccccc31)CNC2=O. The van der Waals surface area contributed by atoms with Crippen molar-refractivity contribution in [1.29, 1.82) is 0 Å². The monoisotopic (exact) mass is 473 g/mol. The van der Waals surface area contributed by atoms with Crippen molar-refractivity contribution in [1.82, 2.24) is 9.99 Å². The van der Waals surface area contributed by atoms with Gasteiger partial charge in [-0.3, -0.25) is 19.3 Å². The number of amides is 1. The molecule has 0 saturated carbocycles. The fourth-order valence-corrected chi connectivity index (χ4v) is 5.38. The van der Waals surface area contributed by atoms with Crippen LogP contribution in [0.25, 0.3) is 0 Å². The van der Waals surface area contributed by atoms with E-state index >= 15 is 0 Å². The molecule has 0 bridgehead atoms. The largest absolute Gasteiger partial charge is 0.573 e. The summed E-state index contributed by atoms with van der Waals surface area (Å²) in [6.07, 6.45) is -3.22. The molecule has 2 aliphatic heterocycles. The predicted molar refractivity (Wildman–Crippen MR) is 117 cm³/mol. The normalized spacial score (nSPS) is 17.4. The number of carbonyl (C=O) groups excluding carboxylic acids is 1. The van der Waals surface area contributed by atoms with Gasteiger partial charge < -0.3 is 10.1 Å². The van der Waals surface area contributed by atoms with Crippen LogP contribution in [0.1, 0.15) is 38.8 Å². The zero-order chi connectivity index (χ0) is 23.3. The second-order valence-electron chi connectivity index (χ2n) is 7.74. The molecule has 33 heavy (non-hydrogen) atoms. The maximum Gasteiger partial charge on any atom is 0.573 e. The molecule has 0 radical (unpaired) electrons. The first-order valence-corrected chi connectivity index (χ1v) is 11.1. The van der Waals surface area contributed by atoms with Crippen molar-refractivity contribution >= 4 is 17.7 Å². The molecule has 3 heterocycles. The third-order valence-corrected chi connectivity index (χ3v) is 6.89. The van der Waals surface area contributed by atoms with E-state index in [0.29, 0.717) is 16.9 Å². The quantitative estimate of drug-likeness (QED) is 0.608. The number of fused-ring (bicyclic) bond motifs is 3. The third-order valence-electron chi connectivity index (χ3n) is 5.75. The molecule has 170 valence electrons. The highest BCUT2D eigenvalue weighted by Gasteiger charge is 2.36. The van der Waals surface area contributed by atoms with Crippen LogP contribution in [0.5, 0.6) is 5.75 Å². The molecule has 1 unspecified atom stereocenters. The molecule has 0 spiro atoms. The maximum absolute atomic E-state index is 12.8. The maximum atomic E-state index is 12.8. The van der Waals surface area contributed by atoms with Crippen LogP contribution in [0.2, 0.25) is 0 Å². The molecule has 6 nitrogen and oxygen atoms in total. The summed E-state index contributed by atoms with van der Waals surface area (Å²) in [6.45, 7) is 1.75. The smallest absolute Gasteiger partial charge is 0.406 e. The summed E-state index contributed by atoms with van der Waals surface area (Å²) in [6, 6.07) is 13.1. The number of aromatic nitrogens is 1. The molecule has 2 aliphatic rings. The predicted octanol–water partition coefficient (Wildman–Crippen LogP) is 4.09. The Balaban J connectivity index is 1.70. The molecule has 1 aromatic heterocycles. The summed E-state index contributed by atoms with van der Waals surface area (Å²) >= 11 is 1.52. The lowest BCUT2D eigenvalue weighted by atomic mass is 9.94. The van der Waals surface area contributed by atoms with Crippen molar-refractivity contribution in [3.05, 3.63) is 92.9 Å². The fraction of sp³-hybridized carbons (Fsp3) is 0.217. The Morgan fingerprint density at radius 1 is 1.09 bits per heavy atom. The molecule has 3 aromatic rings. The summed E-state index contributed by atoms with van der Waals surface area (Å²) in [4.78, 5) is 25.8. The van der Waals surface area contributed by atoms with Crippen molar-refractivity contribution in [2.45, 2.75) is 30.0 Å². The summed E-state index contributed by atoms with van der Waals surface area (Å²) in [7, 11) is 0. The van der Waals surface area contributed by atoms with E-state index in [1.54, 1.807) is 23.9 Å². The lowest BCUT2D eigenvalue weighted by molar-refractivity contribution is -0.274. The Hall–Kier alpha value is -3.40. The number of ether oxygens (including phenoxy) is 1. The molecule has 0 aliphatic carbocycles. The zero-order valence-electron chi connectivity index (χ0n) is 17.3. The molecule has 1 N–H and O–H groups in total. The highest BCUT2D eigenvalue weighted by Crippen LogP contribution is 2.43. The van der Waals surface area contributed by atoms with Gasteiger partial charge in [0.25, 0.3) is 5.91 Å². The minimum Gasteiger partial charge on any atom is -0.406 e. The van der Waals surface area contributed by atoms with E-state index in [-0.39, 0.29) is 29.4 Å². The number of thioether (sulfide) groups is 1. The molecule has 5 rings (SSSR count). The fourth-order valence-electron chi connectivity index (χ4n) is 4.30. The Morgan fingerprint density at radius 2 is 1.88 bits per heavy atom. The van der Waals surface area contributed by atoms with E-state index in [0.717, 1.165) is 16.0 Å². The number of carbonyl (C=O) groups is 1. The van der Waals surface area contributed by atoms with Crippen LogP contribution in [0.4, 0.5) is 13.2 Å². The molecule has 10 heteroatoms. The van der Waals surface area contributed by atoms with Gasteiger partial charge in [-0.2, -0.15) is 0 Å². The highest BCUT2D eigenvalue weighted by atomic mass is 32.2. The van der Waals surface area contributed by atoms with E-state index in [4.69, 9.17) is 0 Å². The van der Waals surface area contributed by atoms with E-state index in [9.17, 15) is 22.8 Å². The van der Waals surface area contributed by atoms with E-state index in [1.165, 1.54) is 30.0 Å². The van der Waals surface area contributed by atoms with Crippen LogP contribution in [-0.4, -0.2) is 23.6 Å². The number of alkyl halides is 3. The number of nitrogens with zero attached hydrogens (tertiary/aromatic N) is 2. The van der Waals surface area contributed by atoms with Gasteiger partial charge in [0, 0.05) is 28.5 Å². The summed E-state index contributed by atoms with van der Waals surface area (Å²) in [5.41, 5.74) is 2.75. The van der Waals surface area contributed by atoms with Gasteiger partial charge in [0.1, 0.15) is 18.1 Å². The van der Waals surface area contributed by atoms with E-state index in [1.807, 2.05) is 29.3 Å². The summed E-state index contributed by atoms with van der Waals surface area (Å²) in [5.74, 6) is -0.181. The molecule has 0 fully saturated rings. The molecular weight excluding hydrogens is 455 g/mol. The average molecular weight is 473 g/mol. The van der Waals surface area contributed by atoms with Gasteiger partial charge in [-0.25, -0.2) is 0 Å². The van der Waals surface area contributed by atoms with E-state index in [2.05, 4.69) is 10.1 Å². The van der Waals surface area contributed by atoms with Crippen LogP contribution >= 0.6 is 11.8 Å². The highest BCUT2D eigenvalue weighted by molar-refractivity contribution is 7.98. The van der Waals surface area contributed by atoms with Crippen molar-refractivity contribution in [3.63, 3.8) is 0 Å². The number of rotatable bonds is 2. The van der Waals surface area contributed by atoms with Gasteiger partial charge >= 0.3 is 6.36 Å². The Kier molecular flexibility index (Phi) is 5.12. The minimum atomic E-state index is -4.78. The molecule has 1 amide bonds. The first-order chi connectivity index (χ1) is 15.7. The van der Waals surface area contributed by atoms with E-state index < -0.39 is 12.4 Å². The molecular formula is C23H18F3N3O3S. The zero-order valence-corrected chi connectivity index (χ0v) is 18.2. The van der Waals surface area contributed by atoms with Crippen LogP contribution in [0.3, 0.4) is 0 Å². The number of nitrogens with one attached hydrogen (secondary N) is 1. The van der Waals surface area contributed by atoms with Crippen LogP contribution in [0.15, 0.2) is 64.4 Å². The molecule has 1 atom stereocenters. The van der Waals surface area contributed by atoms with Gasteiger partial charge in [-0.15, -0.1) is 24.9 Å². The average Bonchev–Trinajstić information content (AvgIpc) is 2.92. The lowest BCUT2D eigenvalue weighted by Crippen LogP contribution is -2.54. The van der Waals surface area contributed by atoms with Gasteiger partial charge in [0.15, 0.2) is 5.43 Å². The summed E-state index contributed by atoms with van der Waals surface area (Å²) in [5, 5.41) is 4.72. The topological polar surface area (TPSA) is 63.6 Å². The second-order valence-corrected chi connectivity index (χ2v) is 8.76. The number of hydrogen-bond acceptors (Lipinski definition) is 5. The number of benzene rings is 2. The van der Waals surface area contributed by atoms with Crippen LogP contribution in [0, 0.1) is 6.92 Å².